The minimum Gasteiger partial charge on any atom is -0.465 e. The topological polar surface area (TPSA) is 130 Å². The van der Waals surface area contributed by atoms with Crippen LogP contribution in [0.15, 0.2) is 0 Å². The van der Waals surface area contributed by atoms with Gasteiger partial charge in [0.15, 0.2) is 0 Å². The van der Waals surface area contributed by atoms with Gasteiger partial charge in [0.2, 0.25) is 0 Å². The molecule has 4 aliphatic rings. The Bertz CT molecular complexity index is 952. The van der Waals surface area contributed by atoms with Crippen molar-refractivity contribution in [2.45, 2.75) is 180 Å². The van der Waals surface area contributed by atoms with E-state index in [1.807, 2.05) is 0 Å². The van der Waals surface area contributed by atoms with Gasteiger partial charge in [-0.05, 0) is 51.4 Å². The number of hydrogen-bond donors (Lipinski definition) is 0. The van der Waals surface area contributed by atoms with E-state index >= 15 is 0 Å². The third-order valence-electron chi connectivity index (χ3n) is 11.0. The van der Waals surface area contributed by atoms with Crippen molar-refractivity contribution in [1.29, 1.82) is 0 Å². The first-order valence-corrected chi connectivity index (χ1v) is 20.4. The highest BCUT2D eigenvalue weighted by molar-refractivity contribution is 5.83. The second-order valence-corrected chi connectivity index (χ2v) is 15.1. The van der Waals surface area contributed by atoms with E-state index in [0.717, 1.165) is 89.9 Å². The number of epoxide rings is 2. The molecule has 50 heavy (non-hydrogen) atoms. The highest BCUT2D eigenvalue weighted by Gasteiger charge is 2.54. The van der Waals surface area contributed by atoms with Gasteiger partial charge in [-0.25, -0.2) is 0 Å². The Hall–Kier alpha value is -2.20. The third-order valence-corrected chi connectivity index (χ3v) is 11.0. The van der Waals surface area contributed by atoms with Gasteiger partial charge in [0.1, 0.15) is 0 Å². The summed E-state index contributed by atoms with van der Waals surface area (Å²) in [4.78, 5) is 51.4. The Labute approximate surface area is 300 Å². The van der Waals surface area contributed by atoms with E-state index < -0.39 is 23.7 Å². The van der Waals surface area contributed by atoms with Gasteiger partial charge in [-0.15, -0.1) is 0 Å². The molecule has 10 nitrogen and oxygen atoms in total. The predicted molar refractivity (Wildman–Crippen MR) is 188 cm³/mol. The first kappa shape index (κ1) is 40.6. The van der Waals surface area contributed by atoms with E-state index in [2.05, 4.69) is 13.8 Å². The molecule has 0 N–H and O–H groups in total. The molecule has 2 heterocycles. The largest absolute Gasteiger partial charge is 0.465 e. The van der Waals surface area contributed by atoms with Crippen molar-refractivity contribution in [2.75, 3.05) is 26.4 Å². The maximum atomic E-state index is 12.9. The van der Waals surface area contributed by atoms with E-state index in [9.17, 15) is 19.2 Å². The standard InChI is InChI=1S/C40H66O10/c1-3-5-7-13-17-21-45-37(41)29-25-33-35(49-33)27-31(29)39(43)47-23-19-15-11-9-10-12-16-20-24-48-40(44)32-28-36-34(50-36)26-30(32)38(42)46-22-18-14-8-6-4-2/h29-36H,3-28H2,1-2H3. The van der Waals surface area contributed by atoms with Crippen LogP contribution < -0.4 is 0 Å². The molecule has 8 atom stereocenters. The van der Waals surface area contributed by atoms with Crippen LogP contribution in [0.4, 0.5) is 0 Å². The van der Waals surface area contributed by atoms with Crippen molar-refractivity contribution >= 4 is 23.9 Å². The molecule has 286 valence electrons. The van der Waals surface area contributed by atoms with Crippen LogP contribution in [0, 0.1) is 23.7 Å². The summed E-state index contributed by atoms with van der Waals surface area (Å²) in [7, 11) is 0. The van der Waals surface area contributed by atoms with Crippen LogP contribution in [-0.2, 0) is 47.6 Å². The Kier molecular flexibility index (Phi) is 18.4. The molecule has 8 unspecified atom stereocenters. The number of rotatable bonds is 27. The summed E-state index contributed by atoms with van der Waals surface area (Å²) in [6.07, 6.45) is 21.4. The maximum Gasteiger partial charge on any atom is 0.309 e. The molecule has 0 aromatic carbocycles. The fourth-order valence-electron chi connectivity index (χ4n) is 7.68. The number of carbonyl (C=O) groups excluding carboxylic acids is 4. The lowest BCUT2D eigenvalue weighted by Gasteiger charge is -2.26. The van der Waals surface area contributed by atoms with Crippen molar-refractivity contribution in [1.82, 2.24) is 0 Å². The SMILES string of the molecule is CCCCCCCOC(=O)C1CC2OC2CC1C(=O)OCCCCCCCCCCOC(=O)C1CC2OC2CC1C(=O)OCCCCCCC. The average Bonchev–Trinajstić information content (AvgIpc) is 4.05. The molecule has 0 aromatic heterocycles. The second kappa shape index (κ2) is 22.7. The van der Waals surface area contributed by atoms with E-state index in [1.54, 1.807) is 0 Å². The van der Waals surface area contributed by atoms with E-state index in [0.29, 0.717) is 52.1 Å². The predicted octanol–water partition coefficient (Wildman–Crippen LogP) is 7.81. The Morgan fingerprint density at radius 2 is 0.600 bits per heavy atom. The number of unbranched alkanes of at least 4 members (excludes halogenated alkanes) is 15. The van der Waals surface area contributed by atoms with E-state index in [1.165, 1.54) is 25.7 Å². The number of hydrogen-bond acceptors (Lipinski definition) is 10. The Morgan fingerprint density at radius 3 is 0.840 bits per heavy atom. The normalized spacial score (nSPS) is 27.8. The summed E-state index contributed by atoms with van der Waals surface area (Å²) in [6.45, 7) is 5.93. The molecular formula is C40H66O10. The minimum atomic E-state index is -0.472. The first-order valence-electron chi connectivity index (χ1n) is 20.4. The molecule has 4 rings (SSSR count). The van der Waals surface area contributed by atoms with E-state index in [4.69, 9.17) is 28.4 Å². The lowest BCUT2D eigenvalue weighted by atomic mass is 9.79. The van der Waals surface area contributed by atoms with Crippen molar-refractivity contribution in [2.24, 2.45) is 23.7 Å². The van der Waals surface area contributed by atoms with Gasteiger partial charge >= 0.3 is 23.9 Å². The summed E-state index contributed by atoms with van der Waals surface area (Å²) < 4.78 is 33.6. The molecule has 0 radical (unpaired) electrons. The van der Waals surface area contributed by atoms with Crippen molar-refractivity contribution in [3.05, 3.63) is 0 Å². The zero-order valence-corrected chi connectivity index (χ0v) is 31.1. The number of ether oxygens (including phenoxy) is 6. The summed E-state index contributed by atoms with van der Waals surface area (Å²) in [5.74, 6) is -3.01. The number of esters is 4. The molecule has 2 saturated carbocycles. The van der Waals surface area contributed by atoms with Crippen LogP contribution in [0.25, 0.3) is 0 Å². The van der Waals surface area contributed by atoms with Crippen LogP contribution in [-0.4, -0.2) is 74.7 Å². The molecule has 0 bridgehead atoms. The highest BCUT2D eigenvalue weighted by atomic mass is 16.6. The van der Waals surface area contributed by atoms with Crippen LogP contribution in [0.2, 0.25) is 0 Å². The summed E-state index contributed by atoms with van der Waals surface area (Å²) in [5, 5.41) is 0. The molecule has 10 heteroatoms. The average molecular weight is 707 g/mol. The van der Waals surface area contributed by atoms with Crippen LogP contribution >= 0.6 is 0 Å². The molecule has 2 aliphatic heterocycles. The smallest absolute Gasteiger partial charge is 0.309 e. The number of fused-ring (bicyclic) bond motifs is 2. The van der Waals surface area contributed by atoms with E-state index in [-0.39, 0.29) is 48.3 Å². The Morgan fingerprint density at radius 1 is 0.380 bits per heavy atom. The molecule has 4 fully saturated rings. The first-order chi connectivity index (χ1) is 24.4. The van der Waals surface area contributed by atoms with Gasteiger partial charge in [-0.1, -0.05) is 104 Å². The molecular weight excluding hydrogens is 640 g/mol. The van der Waals surface area contributed by atoms with Crippen LogP contribution in [0.5, 0.6) is 0 Å². The van der Waals surface area contributed by atoms with Gasteiger partial charge < -0.3 is 28.4 Å². The van der Waals surface area contributed by atoms with Gasteiger partial charge in [-0.2, -0.15) is 0 Å². The fraction of sp³-hybridized carbons (Fsp3) is 0.900. The minimum absolute atomic E-state index is 0.0767. The molecule has 2 saturated heterocycles. The maximum absolute atomic E-state index is 12.9. The van der Waals surface area contributed by atoms with Crippen LogP contribution in [0.3, 0.4) is 0 Å². The van der Waals surface area contributed by atoms with Crippen molar-refractivity contribution in [3.8, 4) is 0 Å². The van der Waals surface area contributed by atoms with Gasteiger partial charge in [0.25, 0.3) is 0 Å². The molecule has 0 aromatic rings. The van der Waals surface area contributed by atoms with Gasteiger partial charge in [0.05, 0.1) is 74.5 Å². The molecule has 0 amide bonds. The fourth-order valence-corrected chi connectivity index (χ4v) is 7.68. The van der Waals surface area contributed by atoms with Gasteiger partial charge in [-0.3, -0.25) is 19.2 Å². The molecule has 0 spiro atoms. The highest BCUT2D eigenvalue weighted by Crippen LogP contribution is 2.45. The zero-order valence-electron chi connectivity index (χ0n) is 31.1. The van der Waals surface area contributed by atoms with Gasteiger partial charge in [0, 0.05) is 0 Å². The third kappa shape index (κ3) is 14.1. The summed E-state index contributed by atoms with van der Waals surface area (Å²) in [6, 6.07) is 0. The summed E-state index contributed by atoms with van der Waals surface area (Å²) >= 11 is 0. The quantitative estimate of drug-likeness (QED) is 0.0361. The Balaban J connectivity index is 0.986. The number of carbonyl (C=O) groups is 4. The van der Waals surface area contributed by atoms with Crippen molar-refractivity contribution < 1.29 is 47.6 Å². The zero-order chi connectivity index (χ0) is 35.6. The monoisotopic (exact) mass is 706 g/mol. The summed E-state index contributed by atoms with van der Waals surface area (Å²) in [5.41, 5.74) is 0. The van der Waals surface area contributed by atoms with Crippen LogP contribution in [0.1, 0.15) is 155 Å². The molecule has 2 aliphatic carbocycles. The second-order valence-electron chi connectivity index (χ2n) is 15.1. The lowest BCUT2D eigenvalue weighted by molar-refractivity contribution is -0.162. The lowest BCUT2D eigenvalue weighted by Crippen LogP contribution is -2.37. The van der Waals surface area contributed by atoms with Crippen molar-refractivity contribution in [3.63, 3.8) is 0 Å².